The van der Waals surface area contributed by atoms with Crippen molar-refractivity contribution in [3.63, 3.8) is 0 Å². The highest BCUT2D eigenvalue weighted by Crippen LogP contribution is 2.24. The normalized spacial score (nSPS) is 17.4. The Morgan fingerprint density at radius 1 is 1.50 bits per heavy atom. The molecule has 1 aliphatic carbocycles. The maximum absolute atomic E-state index is 10.6. The molecule has 2 nitrogen and oxygen atoms in total. The van der Waals surface area contributed by atoms with E-state index in [0.29, 0.717) is 5.78 Å². The molecule has 1 rings (SSSR count). The van der Waals surface area contributed by atoms with Gasteiger partial charge in [0.15, 0.2) is 0 Å². The van der Waals surface area contributed by atoms with Crippen molar-refractivity contribution in [1.29, 1.82) is 0 Å². The van der Waals surface area contributed by atoms with Gasteiger partial charge in [-0.1, -0.05) is 6.42 Å². The molecule has 0 atom stereocenters. The molecule has 0 bridgehead atoms. The Kier molecular flexibility index (Phi) is 4.30. The molecule has 0 unspecified atom stereocenters. The molecule has 12 heavy (non-hydrogen) atoms. The van der Waals surface area contributed by atoms with Gasteiger partial charge in [-0.05, 0) is 45.2 Å². The minimum absolute atomic E-state index is 0.306. The highest BCUT2D eigenvalue weighted by Gasteiger charge is 2.15. The van der Waals surface area contributed by atoms with Crippen molar-refractivity contribution in [2.45, 2.75) is 39.0 Å². The maximum atomic E-state index is 10.6. The molecule has 0 aromatic rings. The number of Topliss-reactive ketones (excluding diaryl/α,β-unsaturated/α-hetero) is 1. The number of nitrogens with one attached hydrogen (secondary N) is 1. The lowest BCUT2D eigenvalue weighted by Crippen LogP contribution is -2.28. The average Bonchev–Trinajstić information content (AvgIpc) is 1.92. The van der Waals surface area contributed by atoms with E-state index in [1.807, 2.05) is 0 Å². The predicted molar refractivity (Wildman–Crippen MR) is 50.1 cm³/mol. The quantitative estimate of drug-likeness (QED) is 0.614. The summed E-state index contributed by atoms with van der Waals surface area (Å²) in [4.78, 5) is 10.6. The van der Waals surface area contributed by atoms with E-state index in [9.17, 15) is 4.79 Å². The van der Waals surface area contributed by atoms with Crippen molar-refractivity contribution in [3.05, 3.63) is 0 Å². The Bertz CT molecular complexity index is 141. The van der Waals surface area contributed by atoms with Crippen LogP contribution in [0.15, 0.2) is 0 Å². The summed E-state index contributed by atoms with van der Waals surface area (Å²) in [7, 11) is 0. The fourth-order valence-electron chi connectivity index (χ4n) is 1.47. The lowest BCUT2D eigenvalue weighted by Gasteiger charge is -2.25. The Balaban J connectivity index is 1.79. The molecule has 2 heteroatoms. The van der Waals surface area contributed by atoms with E-state index in [0.717, 1.165) is 31.8 Å². The van der Waals surface area contributed by atoms with Gasteiger partial charge in [-0.3, -0.25) is 0 Å². The van der Waals surface area contributed by atoms with Crippen molar-refractivity contribution < 1.29 is 4.79 Å². The molecule has 1 N–H and O–H groups in total. The Morgan fingerprint density at radius 3 is 2.75 bits per heavy atom. The third-order valence-electron chi connectivity index (χ3n) is 2.54. The van der Waals surface area contributed by atoms with Crippen LogP contribution in [0.25, 0.3) is 0 Å². The van der Waals surface area contributed by atoms with E-state index in [4.69, 9.17) is 0 Å². The molecule has 0 aliphatic heterocycles. The van der Waals surface area contributed by atoms with E-state index in [1.54, 1.807) is 6.92 Å². The summed E-state index contributed by atoms with van der Waals surface area (Å²) in [5.41, 5.74) is 0. The molecular weight excluding hydrogens is 150 g/mol. The third-order valence-corrected chi connectivity index (χ3v) is 2.54. The minimum Gasteiger partial charge on any atom is -0.316 e. The van der Waals surface area contributed by atoms with Crippen molar-refractivity contribution in [2.24, 2.45) is 5.92 Å². The molecule has 0 saturated heterocycles. The van der Waals surface area contributed by atoms with Crippen molar-refractivity contribution in [1.82, 2.24) is 5.32 Å². The van der Waals surface area contributed by atoms with Gasteiger partial charge in [-0.2, -0.15) is 0 Å². The van der Waals surface area contributed by atoms with Crippen molar-refractivity contribution in [3.8, 4) is 0 Å². The molecule has 70 valence electrons. The standard InChI is InChI=1S/C10H19NO/c1-9(12)4-3-7-11-8-10-5-2-6-10/h10-11H,2-8H2,1H3. The van der Waals surface area contributed by atoms with E-state index < -0.39 is 0 Å². The van der Waals surface area contributed by atoms with Gasteiger partial charge < -0.3 is 10.1 Å². The number of carbonyl (C=O) groups is 1. The fraction of sp³-hybridized carbons (Fsp3) is 0.900. The molecule has 0 heterocycles. The molecule has 0 radical (unpaired) electrons. The van der Waals surface area contributed by atoms with E-state index in [2.05, 4.69) is 5.32 Å². The maximum Gasteiger partial charge on any atom is 0.129 e. The Morgan fingerprint density at radius 2 is 2.25 bits per heavy atom. The number of carbonyl (C=O) groups excluding carboxylic acids is 1. The van der Waals surface area contributed by atoms with Crippen LogP contribution < -0.4 is 5.32 Å². The molecule has 0 aromatic carbocycles. The lowest BCUT2D eigenvalue weighted by atomic mass is 9.85. The highest BCUT2D eigenvalue weighted by atomic mass is 16.1. The SMILES string of the molecule is CC(=O)CCCNCC1CCC1. The number of rotatable bonds is 6. The summed E-state index contributed by atoms with van der Waals surface area (Å²) >= 11 is 0. The summed E-state index contributed by atoms with van der Waals surface area (Å²) in [6.07, 6.45) is 5.96. The lowest BCUT2D eigenvalue weighted by molar-refractivity contribution is -0.117. The zero-order valence-electron chi connectivity index (χ0n) is 7.94. The second-order valence-electron chi connectivity index (χ2n) is 3.81. The van der Waals surface area contributed by atoms with Gasteiger partial charge in [0.2, 0.25) is 0 Å². The van der Waals surface area contributed by atoms with E-state index >= 15 is 0 Å². The summed E-state index contributed by atoms with van der Waals surface area (Å²) in [6, 6.07) is 0. The van der Waals surface area contributed by atoms with Crippen LogP contribution in [0, 0.1) is 5.92 Å². The van der Waals surface area contributed by atoms with Crippen LogP contribution in [0.5, 0.6) is 0 Å². The van der Waals surface area contributed by atoms with Gasteiger partial charge in [0, 0.05) is 6.42 Å². The first-order chi connectivity index (χ1) is 5.79. The molecule has 1 fully saturated rings. The Hall–Kier alpha value is -0.370. The summed E-state index contributed by atoms with van der Waals surface area (Å²) in [6.45, 7) is 3.83. The van der Waals surface area contributed by atoms with Gasteiger partial charge in [0.25, 0.3) is 0 Å². The second kappa shape index (κ2) is 5.31. The molecule has 0 amide bonds. The number of hydrogen-bond donors (Lipinski definition) is 1. The number of ketones is 1. The van der Waals surface area contributed by atoms with Crippen LogP contribution in [-0.2, 0) is 4.79 Å². The van der Waals surface area contributed by atoms with Gasteiger partial charge in [0.1, 0.15) is 5.78 Å². The van der Waals surface area contributed by atoms with Gasteiger partial charge >= 0.3 is 0 Å². The van der Waals surface area contributed by atoms with Crippen LogP contribution in [0.4, 0.5) is 0 Å². The van der Waals surface area contributed by atoms with Crippen LogP contribution >= 0.6 is 0 Å². The largest absolute Gasteiger partial charge is 0.316 e. The van der Waals surface area contributed by atoms with Gasteiger partial charge in [-0.25, -0.2) is 0 Å². The van der Waals surface area contributed by atoms with Gasteiger partial charge in [-0.15, -0.1) is 0 Å². The van der Waals surface area contributed by atoms with Crippen LogP contribution in [0.2, 0.25) is 0 Å². The molecule has 0 aromatic heterocycles. The molecule has 0 spiro atoms. The summed E-state index contributed by atoms with van der Waals surface area (Å²) < 4.78 is 0. The van der Waals surface area contributed by atoms with Crippen molar-refractivity contribution in [2.75, 3.05) is 13.1 Å². The first-order valence-electron chi connectivity index (χ1n) is 4.99. The van der Waals surface area contributed by atoms with E-state index in [-0.39, 0.29) is 0 Å². The van der Waals surface area contributed by atoms with Crippen LogP contribution in [0.3, 0.4) is 0 Å². The smallest absolute Gasteiger partial charge is 0.129 e. The second-order valence-corrected chi connectivity index (χ2v) is 3.81. The monoisotopic (exact) mass is 169 g/mol. The number of hydrogen-bond acceptors (Lipinski definition) is 2. The van der Waals surface area contributed by atoms with Crippen LogP contribution in [0.1, 0.15) is 39.0 Å². The molecule has 1 aliphatic rings. The average molecular weight is 169 g/mol. The predicted octanol–water partition coefficient (Wildman–Crippen LogP) is 1.75. The Labute approximate surface area is 74.7 Å². The first kappa shape index (κ1) is 9.72. The third kappa shape index (κ3) is 3.86. The van der Waals surface area contributed by atoms with Gasteiger partial charge in [0.05, 0.1) is 0 Å². The van der Waals surface area contributed by atoms with E-state index in [1.165, 1.54) is 19.3 Å². The summed E-state index contributed by atoms with van der Waals surface area (Å²) in [5, 5.41) is 3.39. The highest BCUT2D eigenvalue weighted by molar-refractivity contribution is 5.75. The topological polar surface area (TPSA) is 29.1 Å². The molecular formula is C10H19NO. The first-order valence-corrected chi connectivity index (χ1v) is 4.99. The molecule has 1 saturated carbocycles. The van der Waals surface area contributed by atoms with Crippen molar-refractivity contribution >= 4 is 5.78 Å². The zero-order valence-corrected chi connectivity index (χ0v) is 7.94. The minimum atomic E-state index is 0.306. The fourth-order valence-corrected chi connectivity index (χ4v) is 1.47. The zero-order chi connectivity index (χ0) is 8.81. The van der Waals surface area contributed by atoms with Crippen LogP contribution in [-0.4, -0.2) is 18.9 Å². The summed E-state index contributed by atoms with van der Waals surface area (Å²) in [5.74, 6) is 1.24.